The number of fused-ring (bicyclic) bond motifs is 12. The molecular formula is C58H36N6. The molecular weight excluding hydrogens is 781 g/mol. The zero-order chi connectivity index (χ0) is 41.9. The van der Waals surface area contributed by atoms with E-state index in [-0.39, 0.29) is 0 Å². The van der Waals surface area contributed by atoms with Gasteiger partial charge in [-0.1, -0.05) is 146 Å². The summed E-state index contributed by atoms with van der Waals surface area (Å²) >= 11 is 0. The molecule has 6 heterocycles. The molecule has 0 spiro atoms. The lowest BCUT2D eigenvalue weighted by molar-refractivity contribution is 1.03. The second-order valence-electron chi connectivity index (χ2n) is 16.6. The van der Waals surface area contributed by atoms with E-state index in [0.717, 1.165) is 78.5 Å². The van der Waals surface area contributed by atoms with Gasteiger partial charge in [-0.15, -0.1) is 0 Å². The van der Waals surface area contributed by atoms with Crippen molar-refractivity contribution in [2.45, 2.75) is 0 Å². The minimum absolute atomic E-state index is 0.765. The summed E-state index contributed by atoms with van der Waals surface area (Å²) < 4.78 is 9.41. The van der Waals surface area contributed by atoms with Gasteiger partial charge < -0.3 is 9.13 Å². The van der Waals surface area contributed by atoms with Gasteiger partial charge in [-0.2, -0.15) is 0 Å². The number of hydrogen-bond acceptors (Lipinski definition) is 2. The summed E-state index contributed by atoms with van der Waals surface area (Å²) in [5.74, 6) is 1.63. The average molecular weight is 817 g/mol. The normalized spacial score (nSPS) is 12.1. The molecule has 0 unspecified atom stereocenters. The van der Waals surface area contributed by atoms with E-state index in [1.54, 1.807) is 0 Å². The monoisotopic (exact) mass is 816 g/mol. The zero-order valence-corrected chi connectivity index (χ0v) is 34.5. The fourth-order valence-electron chi connectivity index (χ4n) is 10.5. The lowest BCUT2D eigenvalue weighted by Crippen LogP contribution is -2.06. The molecule has 6 heteroatoms. The van der Waals surface area contributed by atoms with Crippen molar-refractivity contribution >= 4 is 87.2 Å². The molecule has 0 amide bonds. The van der Waals surface area contributed by atoms with Gasteiger partial charge in [-0.3, -0.25) is 9.13 Å². The summed E-state index contributed by atoms with van der Waals surface area (Å²) in [5.41, 5.74) is 12.4. The summed E-state index contributed by atoms with van der Waals surface area (Å²) in [6, 6.07) is 78.3. The molecule has 64 heavy (non-hydrogen) atoms. The van der Waals surface area contributed by atoms with Crippen LogP contribution in [0.1, 0.15) is 0 Å². The molecule has 0 aliphatic carbocycles. The second kappa shape index (κ2) is 13.4. The van der Waals surface area contributed by atoms with E-state index in [0.29, 0.717) is 0 Å². The van der Waals surface area contributed by atoms with Gasteiger partial charge in [0.05, 0.1) is 66.9 Å². The van der Waals surface area contributed by atoms with Crippen LogP contribution in [0.15, 0.2) is 218 Å². The molecule has 0 radical (unpaired) electrons. The summed E-state index contributed by atoms with van der Waals surface area (Å²) in [5, 5.41) is 9.55. The predicted octanol–water partition coefficient (Wildman–Crippen LogP) is 14.5. The Morgan fingerprint density at radius 3 is 0.656 bits per heavy atom. The summed E-state index contributed by atoms with van der Waals surface area (Å²) in [6.45, 7) is 0. The van der Waals surface area contributed by atoms with Crippen LogP contribution in [0.4, 0.5) is 0 Å². The van der Waals surface area contributed by atoms with Crippen LogP contribution in [-0.4, -0.2) is 28.2 Å². The Bertz CT molecular complexity index is 3470. The van der Waals surface area contributed by atoms with Crippen molar-refractivity contribution < 1.29 is 0 Å². The number of pyridine rings is 2. The first-order valence-corrected chi connectivity index (χ1v) is 21.8. The molecule has 6 nitrogen and oxygen atoms in total. The summed E-state index contributed by atoms with van der Waals surface area (Å²) in [6.07, 6.45) is 0. The van der Waals surface area contributed by atoms with Gasteiger partial charge in [0.15, 0.2) is 0 Å². The fraction of sp³-hybridized carbons (Fsp3) is 0. The van der Waals surface area contributed by atoms with Crippen LogP contribution in [0, 0.1) is 0 Å². The first kappa shape index (κ1) is 34.9. The van der Waals surface area contributed by atoms with Gasteiger partial charge in [-0.25, -0.2) is 9.97 Å². The number of rotatable bonds is 5. The summed E-state index contributed by atoms with van der Waals surface area (Å²) in [7, 11) is 0. The number of aromatic nitrogens is 6. The molecule has 298 valence electrons. The molecule has 14 aromatic rings. The van der Waals surface area contributed by atoms with Gasteiger partial charge in [0, 0.05) is 55.2 Å². The Labute approximate surface area is 366 Å². The van der Waals surface area contributed by atoms with Crippen molar-refractivity contribution in [2.24, 2.45) is 0 Å². The van der Waals surface area contributed by atoms with Crippen LogP contribution in [0.3, 0.4) is 0 Å². The largest absolute Gasteiger partial charge is 0.309 e. The van der Waals surface area contributed by atoms with Crippen LogP contribution in [0.25, 0.3) is 122 Å². The maximum absolute atomic E-state index is 5.68. The number of para-hydroxylation sites is 8. The van der Waals surface area contributed by atoms with Gasteiger partial charge in [0.25, 0.3) is 0 Å². The first-order valence-electron chi connectivity index (χ1n) is 21.8. The molecule has 0 aliphatic rings. The van der Waals surface area contributed by atoms with Crippen LogP contribution in [0.2, 0.25) is 0 Å². The minimum atomic E-state index is 0.765. The molecule has 0 fully saturated rings. The fourth-order valence-corrected chi connectivity index (χ4v) is 10.5. The first-order chi connectivity index (χ1) is 31.8. The van der Waals surface area contributed by atoms with E-state index in [9.17, 15) is 0 Å². The van der Waals surface area contributed by atoms with E-state index >= 15 is 0 Å². The van der Waals surface area contributed by atoms with Gasteiger partial charge >= 0.3 is 0 Å². The van der Waals surface area contributed by atoms with Crippen molar-refractivity contribution in [3.8, 4) is 34.4 Å². The minimum Gasteiger partial charge on any atom is -0.309 e. The van der Waals surface area contributed by atoms with Crippen LogP contribution < -0.4 is 0 Å². The van der Waals surface area contributed by atoms with Gasteiger partial charge in [0.1, 0.15) is 11.6 Å². The Kier molecular flexibility index (Phi) is 7.30. The topological polar surface area (TPSA) is 45.5 Å². The van der Waals surface area contributed by atoms with Crippen molar-refractivity contribution in [3.05, 3.63) is 218 Å². The van der Waals surface area contributed by atoms with E-state index in [2.05, 4.69) is 237 Å². The zero-order valence-electron chi connectivity index (χ0n) is 34.5. The van der Waals surface area contributed by atoms with Crippen molar-refractivity contribution in [1.82, 2.24) is 28.2 Å². The average Bonchev–Trinajstić information content (AvgIpc) is 4.09. The molecule has 0 N–H and O–H groups in total. The molecule has 14 rings (SSSR count). The molecule has 0 saturated carbocycles. The molecule has 0 bridgehead atoms. The third-order valence-corrected chi connectivity index (χ3v) is 13.2. The highest BCUT2D eigenvalue weighted by molar-refractivity contribution is 6.12. The van der Waals surface area contributed by atoms with Crippen LogP contribution >= 0.6 is 0 Å². The van der Waals surface area contributed by atoms with Crippen molar-refractivity contribution in [1.29, 1.82) is 0 Å². The van der Waals surface area contributed by atoms with Crippen LogP contribution in [-0.2, 0) is 0 Å². The molecule has 0 saturated heterocycles. The second-order valence-corrected chi connectivity index (χ2v) is 16.6. The van der Waals surface area contributed by atoms with Crippen molar-refractivity contribution in [3.63, 3.8) is 0 Å². The number of nitrogens with zero attached hydrogens (tertiary/aromatic N) is 6. The highest BCUT2D eigenvalue weighted by Crippen LogP contribution is 2.39. The Hall–Kier alpha value is -8.74. The van der Waals surface area contributed by atoms with E-state index < -0.39 is 0 Å². The lowest BCUT2D eigenvalue weighted by Gasteiger charge is -2.17. The number of benzene rings is 8. The highest BCUT2D eigenvalue weighted by Gasteiger charge is 2.22. The maximum atomic E-state index is 5.68. The molecule has 8 aromatic carbocycles. The Morgan fingerprint density at radius 2 is 0.422 bits per heavy atom. The van der Waals surface area contributed by atoms with Crippen LogP contribution in [0.5, 0.6) is 0 Å². The predicted molar refractivity (Wildman–Crippen MR) is 265 cm³/mol. The highest BCUT2D eigenvalue weighted by atomic mass is 15.1. The maximum Gasteiger partial charge on any atom is 0.140 e. The lowest BCUT2D eigenvalue weighted by atomic mass is 10.2. The third-order valence-electron chi connectivity index (χ3n) is 13.2. The van der Waals surface area contributed by atoms with E-state index in [1.165, 1.54) is 43.1 Å². The molecule has 0 atom stereocenters. The smallest absolute Gasteiger partial charge is 0.140 e. The Balaban J connectivity index is 1.13. The summed E-state index contributed by atoms with van der Waals surface area (Å²) in [4.78, 5) is 11.4. The van der Waals surface area contributed by atoms with E-state index in [1.807, 2.05) is 0 Å². The molecule has 6 aromatic heterocycles. The van der Waals surface area contributed by atoms with Crippen molar-refractivity contribution in [2.75, 3.05) is 0 Å². The standard InChI is InChI=1S/C58H36N6/c1-9-25-49-39(17-1)40-18-2-10-26-50(40)61(49)37-33-47(59-57(35-37)63-53-29-13-5-21-43(53)44-22-6-14-30-54(44)63)48-34-38(62-51-27-11-3-19-41(51)42-20-4-12-28-52(42)62)36-58(60-48)64-55-31-15-7-23-45(55)46-24-8-16-32-56(46)64/h1-36H. The SMILES string of the molecule is c1ccc2c(c1)c1ccccc1n2-c1cc(-c2cc(-n3c4ccccc4c4ccccc43)cc(-n3c4ccccc4c4ccccc43)n2)nc(-n2c3ccccc3c3ccccc32)c1. The Morgan fingerprint density at radius 1 is 0.219 bits per heavy atom. The third kappa shape index (κ3) is 4.96. The number of hydrogen-bond donors (Lipinski definition) is 0. The quantitative estimate of drug-likeness (QED) is 0.174. The van der Waals surface area contributed by atoms with Gasteiger partial charge in [0.2, 0.25) is 0 Å². The van der Waals surface area contributed by atoms with E-state index in [4.69, 9.17) is 9.97 Å². The van der Waals surface area contributed by atoms with Gasteiger partial charge in [-0.05, 0) is 60.7 Å². The molecule has 0 aliphatic heterocycles.